The number of hydrogen-bond acceptors (Lipinski definition) is 3. The number of benzene rings is 1. The number of aldehydes is 1. The Kier molecular flexibility index (Phi) is 3.82. The summed E-state index contributed by atoms with van der Waals surface area (Å²) in [6.07, 6.45) is 1.61. The van der Waals surface area contributed by atoms with Crippen LogP contribution in [-0.4, -0.2) is 19.4 Å². The van der Waals surface area contributed by atoms with Gasteiger partial charge in [-0.3, -0.25) is 0 Å². The fourth-order valence-electron chi connectivity index (χ4n) is 1.44. The van der Waals surface area contributed by atoms with E-state index in [1.165, 1.54) is 7.11 Å². The van der Waals surface area contributed by atoms with Gasteiger partial charge in [0.2, 0.25) is 0 Å². The summed E-state index contributed by atoms with van der Waals surface area (Å²) in [5.41, 5.74) is 1.19. The third-order valence-electron chi connectivity index (χ3n) is 2.35. The maximum atomic E-state index is 11.2. The summed E-state index contributed by atoms with van der Waals surface area (Å²) in [5.74, 6) is -0.346. The highest BCUT2D eigenvalue weighted by molar-refractivity contribution is 5.89. The second-order valence-electron chi connectivity index (χ2n) is 4.47. The van der Waals surface area contributed by atoms with Crippen molar-refractivity contribution in [1.29, 1.82) is 0 Å². The van der Waals surface area contributed by atoms with Crippen LogP contribution in [0.15, 0.2) is 24.3 Å². The van der Waals surface area contributed by atoms with Gasteiger partial charge >= 0.3 is 5.97 Å². The van der Waals surface area contributed by atoms with Gasteiger partial charge in [-0.1, -0.05) is 26.0 Å². The van der Waals surface area contributed by atoms with Crippen LogP contribution >= 0.6 is 0 Å². The predicted molar refractivity (Wildman–Crippen MR) is 61.3 cm³/mol. The fraction of sp³-hybridized carbons (Fsp3) is 0.385. The van der Waals surface area contributed by atoms with Crippen molar-refractivity contribution in [1.82, 2.24) is 0 Å². The van der Waals surface area contributed by atoms with Crippen molar-refractivity contribution in [3.63, 3.8) is 0 Å². The molecule has 1 aromatic rings. The van der Waals surface area contributed by atoms with Crippen LogP contribution in [0.2, 0.25) is 0 Å². The second kappa shape index (κ2) is 4.92. The minimum Gasteiger partial charge on any atom is -0.465 e. The van der Waals surface area contributed by atoms with Crippen molar-refractivity contribution in [2.45, 2.75) is 20.3 Å². The molecule has 3 nitrogen and oxygen atoms in total. The summed E-state index contributed by atoms with van der Waals surface area (Å²) in [6.45, 7) is 3.77. The van der Waals surface area contributed by atoms with Crippen molar-refractivity contribution in [3.8, 4) is 0 Å². The van der Waals surface area contributed by atoms with E-state index >= 15 is 0 Å². The molecule has 0 aromatic heterocycles. The van der Waals surface area contributed by atoms with E-state index in [9.17, 15) is 9.59 Å². The Hall–Kier alpha value is -1.64. The molecule has 0 aliphatic rings. The van der Waals surface area contributed by atoms with Crippen molar-refractivity contribution < 1.29 is 14.3 Å². The number of esters is 1. The maximum absolute atomic E-state index is 11.2. The zero-order chi connectivity index (χ0) is 12.2. The quantitative estimate of drug-likeness (QED) is 0.577. The lowest BCUT2D eigenvalue weighted by atomic mass is 9.87. The zero-order valence-corrected chi connectivity index (χ0v) is 9.82. The van der Waals surface area contributed by atoms with E-state index in [2.05, 4.69) is 4.74 Å². The van der Waals surface area contributed by atoms with Gasteiger partial charge in [-0.25, -0.2) is 4.79 Å². The number of carbonyl (C=O) groups excluding carboxylic acids is 2. The van der Waals surface area contributed by atoms with Gasteiger partial charge in [0.15, 0.2) is 0 Å². The van der Waals surface area contributed by atoms with Crippen LogP contribution in [0.25, 0.3) is 0 Å². The van der Waals surface area contributed by atoms with Gasteiger partial charge in [-0.05, 0) is 24.1 Å². The highest BCUT2D eigenvalue weighted by atomic mass is 16.5. The molecule has 1 aromatic carbocycles. The fourth-order valence-corrected chi connectivity index (χ4v) is 1.44. The smallest absolute Gasteiger partial charge is 0.337 e. The van der Waals surface area contributed by atoms with Crippen molar-refractivity contribution in [3.05, 3.63) is 35.4 Å². The Morgan fingerprint density at radius 2 is 1.88 bits per heavy atom. The predicted octanol–water partition coefficient (Wildman–Crippen LogP) is 2.24. The third kappa shape index (κ3) is 3.19. The van der Waals surface area contributed by atoms with Gasteiger partial charge in [0.25, 0.3) is 0 Å². The van der Waals surface area contributed by atoms with Crippen LogP contribution in [0.4, 0.5) is 0 Å². The lowest BCUT2D eigenvalue weighted by Crippen LogP contribution is -2.16. The molecule has 0 radical (unpaired) electrons. The highest BCUT2D eigenvalue weighted by Crippen LogP contribution is 2.19. The molecule has 0 atom stereocenters. The molecule has 0 unspecified atom stereocenters. The van der Waals surface area contributed by atoms with Gasteiger partial charge in [-0.15, -0.1) is 0 Å². The largest absolute Gasteiger partial charge is 0.465 e. The zero-order valence-electron chi connectivity index (χ0n) is 9.82. The monoisotopic (exact) mass is 220 g/mol. The summed E-state index contributed by atoms with van der Waals surface area (Å²) in [6, 6.07) is 7.11. The average Bonchev–Trinajstić information content (AvgIpc) is 2.28. The van der Waals surface area contributed by atoms with Crippen LogP contribution in [0.5, 0.6) is 0 Å². The Balaban J connectivity index is 2.79. The molecule has 0 saturated carbocycles. The Labute approximate surface area is 95.4 Å². The molecule has 0 amide bonds. The number of rotatable bonds is 4. The maximum Gasteiger partial charge on any atom is 0.337 e. The number of ether oxygens (including phenoxy) is 1. The van der Waals surface area contributed by atoms with E-state index in [1.807, 2.05) is 26.0 Å². The van der Waals surface area contributed by atoms with E-state index in [0.717, 1.165) is 11.8 Å². The van der Waals surface area contributed by atoms with E-state index in [4.69, 9.17) is 0 Å². The summed E-state index contributed by atoms with van der Waals surface area (Å²) >= 11 is 0. The van der Waals surface area contributed by atoms with E-state index in [0.29, 0.717) is 12.0 Å². The number of methoxy groups -OCH3 is 1. The third-order valence-corrected chi connectivity index (χ3v) is 2.35. The molecule has 0 fully saturated rings. The van der Waals surface area contributed by atoms with Gasteiger partial charge in [0.1, 0.15) is 6.29 Å². The topological polar surface area (TPSA) is 43.4 Å². The first-order valence-corrected chi connectivity index (χ1v) is 5.12. The van der Waals surface area contributed by atoms with Gasteiger partial charge in [0, 0.05) is 5.41 Å². The Bertz CT molecular complexity index is 377. The molecule has 0 saturated heterocycles. The SMILES string of the molecule is COC(=O)c1ccc(CC(C)(C)C=O)cc1. The Morgan fingerprint density at radius 3 is 2.31 bits per heavy atom. The van der Waals surface area contributed by atoms with E-state index in [-0.39, 0.29) is 11.4 Å². The van der Waals surface area contributed by atoms with Gasteiger partial charge in [0.05, 0.1) is 12.7 Å². The van der Waals surface area contributed by atoms with Gasteiger partial charge in [-0.2, -0.15) is 0 Å². The molecule has 0 bridgehead atoms. The second-order valence-corrected chi connectivity index (χ2v) is 4.47. The average molecular weight is 220 g/mol. The molecule has 3 heteroatoms. The standard InChI is InChI=1S/C13H16O3/c1-13(2,9-14)8-10-4-6-11(7-5-10)12(15)16-3/h4-7,9H,8H2,1-3H3. The van der Waals surface area contributed by atoms with Crippen molar-refractivity contribution in [2.75, 3.05) is 7.11 Å². The molecule has 0 aliphatic carbocycles. The lowest BCUT2D eigenvalue weighted by molar-refractivity contribution is -0.114. The van der Waals surface area contributed by atoms with Crippen molar-refractivity contribution in [2.24, 2.45) is 5.41 Å². The minimum absolute atomic E-state index is 0.346. The van der Waals surface area contributed by atoms with E-state index < -0.39 is 0 Å². The normalized spacial score (nSPS) is 10.9. The first kappa shape index (κ1) is 12.4. The van der Waals surface area contributed by atoms with Crippen LogP contribution < -0.4 is 0 Å². The van der Waals surface area contributed by atoms with E-state index in [1.54, 1.807) is 12.1 Å². The van der Waals surface area contributed by atoms with Crippen LogP contribution in [0.1, 0.15) is 29.8 Å². The molecule has 1 rings (SSSR count). The number of carbonyl (C=O) groups is 2. The molecule has 86 valence electrons. The van der Waals surface area contributed by atoms with Crippen LogP contribution in [-0.2, 0) is 16.0 Å². The molecular formula is C13H16O3. The van der Waals surface area contributed by atoms with Crippen LogP contribution in [0.3, 0.4) is 0 Å². The van der Waals surface area contributed by atoms with Gasteiger partial charge < -0.3 is 9.53 Å². The molecule has 0 heterocycles. The number of hydrogen-bond donors (Lipinski definition) is 0. The molecular weight excluding hydrogens is 204 g/mol. The molecule has 0 aliphatic heterocycles. The first-order chi connectivity index (χ1) is 7.48. The van der Waals surface area contributed by atoms with Crippen LogP contribution in [0, 0.1) is 5.41 Å². The molecule has 0 N–H and O–H groups in total. The molecule has 16 heavy (non-hydrogen) atoms. The first-order valence-electron chi connectivity index (χ1n) is 5.12. The minimum atomic E-state index is -0.368. The van der Waals surface area contributed by atoms with Crippen molar-refractivity contribution >= 4 is 12.3 Å². The Morgan fingerprint density at radius 1 is 1.31 bits per heavy atom. The summed E-state index contributed by atoms with van der Waals surface area (Å²) in [5, 5.41) is 0. The summed E-state index contributed by atoms with van der Waals surface area (Å²) in [7, 11) is 1.35. The summed E-state index contributed by atoms with van der Waals surface area (Å²) in [4.78, 5) is 22.0. The highest BCUT2D eigenvalue weighted by Gasteiger charge is 2.17. The summed E-state index contributed by atoms with van der Waals surface area (Å²) < 4.78 is 4.60. The lowest BCUT2D eigenvalue weighted by Gasteiger charge is -2.16. The molecule has 0 spiro atoms.